The minimum Gasteiger partial charge on any atom is -0.341 e. The van der Waals surface area contributed by atoms with Crippen LogP contribution in [0.25, 0.3) is 0 Å². The van der Waals surface area contributed by atoms with Gasteiger partial charge in [0.1, 0.15) is 11.7 Å². The summed E-state index contributed by atoms with van der Waals surface area (Å²) in [7, 11) is 0. The molecule has 5 nitrogen and oxygen atoms in total. The van der Waals surface area contributed by atoms with Crippen LogP contribution in [0.4, 0.5) is 4.39 Å². The Balaban J connectivity index is 1.46. The molecular weight excluding hydrogens is 345 g/mol. The molecule has 138 valence electrons. The van der Waals surface area contributed by atoms with E-state index in [0.29, 0.717) is 37.3 Å². The van der Waals surface area contributed by atoms with Gasteiger partial charge in [-0.15, -0.1) is 0 Å². The van der Waals surface area contributed by atoms with Crippen LogP contribution in [0.5, 0.6) is 0 Å². The smallest absolute Gasteiger partial charge is 0.232 e. The number of fused-ring (bicyclic) bond motifs is 1. The van der Waals surface area contributed by atoms with Crippen LogP contribution < -0.4 is 5.32 Å². The maximum absolute atomic E-state index is 13.1. The van der Waals surface area contributed by atoms with E-state index in [-0.39, 0.29) is 29.6 Å². The van der Waals surface area contributed by atoms with Gasteiger partial charge in [-0.25, -0.2) is 4.39 Å². The SMILES string of the molecule is O=C1NC(c2ccc(F)cc2)=N[C@H]2CCN(C(=O)Cc3ccccc3)C[C@H]12. The quantitative estimate of drug-likeness (QED) is 0.906. The first kappa shape index (κ1) is 17.4. The molecule has 0 aliphatic carbocycles. The van der Waals surface area contributed by atoms with Gasteiger partial charge in [0.2, 0.25) is 11.8 Å². The number of carbonyl (C=O) groups excluding carboxylic acids is 2. The lowest BCUT2D eigenvalue weighted by molar-refractivity contribution is -0.135. The van der Waals surface area contributed by atoms with Crippen LogP contribution >= 0.6 is 0 Å². The Morgan fingerprint density at radius 1 is 1.15 bits per heavy atom. The number of rotatable bonds is 3. The van der Waals surface area contributed by atoms with E-state index in [1.54, 1.807) is 17.0 Å². The fourth-order valence-corrected chi connectivity index (χ4v) is 3.62. The van der Waals surface area contributed by atoms with Crippen LogP contribution in [0.15, 0.2) is 59.6 Å². The normalized spacial score (nSPS) is 21.9. The van der Waals surface area contributed by atoms with Crippen molar-refractivity contribution in [1.82, 2.24) is 10.2 Å². The second-order valence-electron chi connectivity index (χ2n) is 6.94. The highest BCUT2D eigenvalue weighted by molar-refractivity contribution is 6.10. The minimum atomic E-state index is -0.345. The number of halogens is 1. The molecule has 6 heteroatoms. The third kappa shape index (κ3) is 3.74. The van der Waals surface area contributed by atoms with Crippen LogP contribution in [0.1, 0.15) is 17.5 Å². The Morgan fingerprint density at radius 2 is 1.89 bits per heavy atom. The van der Waals surface area contributed by atoms with E-state index in [1.165, 1.54) is 12.1 Å². The van der Waals surface area contributed by atoms with Gasteiger partial charge >= 0.3 is 0 Å². The first-order valence-electron chi connectivity index (χ1n) is 9.06. The van der Waals surface area contributed by atoms with Crippen molar-refractivity contribution in [3.63, 3.8) is 0 Å². The lowest BCUT2D eigenvalue weighted by Crippen LogP contribution is -2.55. The van der Waals surface area contributed by atoms with Gasteiger partial charge in [0.05, 0.1) is 18.4 Å². The van der Waals surface area contributed by atoms with E-state index in [0.717, 1.165) is 5.56 Å². The van der Waals surface area contributed by atoms with E-state index >= 15 is 0 Å². The number of piperidine rings is 1. The number of nitrogens with zero attached hydrogens (tertiary/aromatic N) is 2. The van der Waals surface area contributed by atoms with Gasteiger partial charge in [-0.05, 0) is 36.2 Å². The maximum Gasteiger partial charge on any atom is 0.232 e. The van der Waals surface area contributed by atoms with Crippen molar-refractivity contribution in [2.45, 2.75) is 18.9 Å². The summed E-state index contributed by atoms with van der Waals surface area (Å²) in [5, 5.41) is 2.81. The standard InChI is InChI=1S/C21H20FN3O2/c22-16-8-6-15(7-9-16)20-23-18-10-11-25(13-17(18)21(27)24-20)19(26)12-14-4-2-1-3-5-14/h1-9,17-18H,10-13H2,(H,23,24,27)/t17-,18-/m0/s1. The topological polar surface area (TPSA) is 61.8 Å². The van der Waals surface area contributed by atoms with Gasteiger partial charge in [-0.2, -0.15) is 0 Å². The fourth-order valence-electron chi connectivity index (χ4n) is 3.62. The second kappa shape index (κ2) is 7.31. The predicted octanol–water partition coefficient (Wildman–Crippen LogP) is 2.16. The monoisotopic (exact) mass is 365 g/mol. The summed E-state index contributed by atoms with van der Waals surface area (Å²) in [6.45, 7) is 0.961. The summed E-state index contributed by atoms with van der Waals surface area (Å²) in [6, 6.07) is 15.4. The van der Waals surface area contributed by atoms with Crippen molar-refractivity contribution in [2.24, 2.45) is 10.9 Å². The minimum absolute atomic E-state index is 0.0285. The van der Waals surface area contributed by atoms with Crippen LogP contribution in [0.2, 0.25) is 0 Å². The summed E-state index contributed by atoms with van der Waals surface area (Å²) in [5.74, 6) is -0.301. The van der Waals surface area contributed by atoms with Gasteiger partial charge in [0.15, 0.2) is 0 Å². The molecule has 1 N–H and O–H groups in total. The Bertz CT molecular complexity index is 880. The molecule has 0 unspecified atom stereocenters. The highest BCUT2D eigenvalue weighted by atomic mass is 19.1. The molecule has 27 heavy (non-hydrogen) atoms. The molecule has 2 aliphatic heterocycles. The summed E-state index contributed by atoms with van der Waals surface area (Å²) in [4.78, 5) is 31.6. The van der Waals surface area contributed by atoms with E-state index in [2.05, 4.69) is 10.3 Å². The van der Waals surface area contributed by atoms with Gasteiger partial charge in [0.25, 0.3) is 0 Å². The molecule has 4 rings (SSSR count). The number of nitrogens with one attached hydrogen (secondary N) is 1. The molecule has 0 bridgehead atoms. The van der Waals surface area contributed by atoms with Gasteiger partial charge in [-0.3, -0.25) is 14.6 Å². The van der Waals surface area contributed by atoms with Crippen LogP contribution in [-0.4, -0.2) is 41.7 Å². The molecule has 0 saturated carbocycles. The molecule has 2 atom stereocenters. The highest BCUT2D eigenvalue weighted by Gasteiger charge is 2.39. The lowest BCUT2D eigenvalue weighted by atomic mass is 9.89. The number of carbonyl (C=O) groups is 2. The molecule has 2 aliphatic rings. The van der Waals surface area contributed by atoms with E-state index in [4.69, 9.17) is 0 Å². The average molecular weight is 365 g/mol. The third-order valence-corrected chi connectivity index (χ3v) is 5.12. The fraction of sp³-hybridized carbons (Fsp3) is 0.286. The van der Waals surface area contributed by atoms with Gasteiger partial charge < -0.3 is 10.2 Å². The van der Waals surface area contributed by atoms with Crippen molar-refractivity contribution in [2.75, 3.05) is 13.1 Å². The van der Waals surface area contributed by atoms with Crippen molar-refractivity contribution < 1.29 is 14.0 Å². The predicted molar refractivity (Wildman–Crippen MR) is 99.7 cm³/mol. The molecule has 2 amide bonds. The summed E-state index contributed by atoms with van der Waals surface area (Å²) < 4.78 is 13.1. The molecule has 1 saturated heterocycles. The zero-order valence-electron chi connectivity index (χ0n) is 14.8. The van der Waals surface area contributed by atoms with E-state index in [1.807, 2.05) is 30.3 Å². The number of likely N-dealkylation sites (tertiary alicyclic amines) is 1. The van der Waals surface area contributed by atoms with Gasteiger partial charge in [-0.1, -0.05) is 30.3 Å². The number of aliphatic imine (C=N–C) groups is 1. The van der Waals surface area contributed by atoms with Crippen molar-refractivity contribution >= 4 is 17.6 Å². The molecule has 1 fully saturated rings. The second-order valence-corrected chi connectivity index (χ2v) is 6.94. The zero-order valence-corrected chi connectivity index (χ0v) is 14.8. The molecule has 0 spiro atoms. The number of amidine groups is 1. The van der Waals surface area contributed by atoms with Crippen molar-refractivity contribution in [3.8, 4) is 0 Å². The first-order valence-corrected chi connectivity index (χ1v) is 9.06. The molecule has 0 aromatic heterocycles. The van der Waals surface area contributed by atoms with Crippen molar-refractivity contribution in [3.05, 3.63) is 71.5 Å². The third-order valence-electron chi connectivity index (χ3n) is 5.12. The van der Waals surface area contributed by atoms with Crippen LogP contribution in [0, 0.1) is 11.7 Å². The molecular formula is C21H20FN3O2. The van der Waals surface area contributed by atoms with E-state index in [9.17, 15) is 14.0 Å². The molecule has 0 radical (unpaired) electrons. The first-order chi connectivity index (χ1) is 13.1. The zero-order chi connectivity index (χ0) is 18.8. The molecule has 2 aromatic rings. The molecule has 2 heterocycles. The number of amides is 2. The Hall–Kier alpha value is -3.02. The average Bonchev–Trinajstić information content (AvgIpc) is 2.69. The number of benzene rings is 2. The van der Waals surface area contributed by atoms with Crippen LogP contribution in [-0.2, 0) is 16.0 Å². The van der Waals surface area contributed by atoms with Gasteiger partial charge in [0, 0.05) is 18.7 Å². The van der Waals surface area contributed by atoms with Crippen LogP contribution in [0.3, 0.4) is 0 Å². The number of hydrogen-bond donors (Lipinski definition) is 1. The largest absolute Gasteiger partial charge is 0.341 e. The Kier molecular flexibility index (Phi) is 4.71. The summed E-state index contributed by atoms with van der Waals surface area (Å²) in [6.07, 6.45) is 0.979. The van der Waals surface area contributed by atoms with Crippen molar-refractivity contribution in [1.29, 1.82) is 0 Å². The lowest BCUT2D eigenvalue weighted by Gasteiger charge is -2.38. The summed E-state index contributed by atoms with van der Waals surface area (Å²) in [5.41, 5.74) is 1.65. The Labute approximate surface area is 156 Å². The molecule has 2 aromatic carbocycles. The highest BCUT2D eigenvalue weighted by Crippen LogP contribution is 2.25. The summed E-state index contributed by atoms with van der Waals surface area (Å²) >= 11 is 0. The number of hydrogen-bond acceptors (Lipinski definition) is 3. The maximum atomic E-state index is 13.1. The Morgan fingerprint density at radius 3 is 2.63 bits per heavy atom. The van der Waals surface area contributed by atoms with E-state index < -0.39 is 0 Å².